The monoisotopic (exact) mass is 325 g/mol. The maximum atomic E-state index is 12.4. The molecule has 2 aromatic carbocycles. The average molecular weight is 325 g/mol. The van der Waals surface area contributed by atoms with E-state index in [1.165, 1.54) is 11.1 Å². The molecule has 124 valence electrons. The van der Waals surface area contributed by atoms with E-state index in [9.17, 15) is 4.79 Å². The van der Waals surface area contributed by atoms with Crippen LogP contribution in [0.2, 0.25) is 0 Å². The summed E-state index contributed by atoms with van der Waals surface area (Å²) in [4.78, 5) is 12.4. The standard InChI is InChI=1S/C19H19NO4/c1-12(8-13-2-4-16-14(9-13)6-7-22-16)20-19(21)15-3-5-17-18(10-15)24-11-23-17/h2-5,9-10,12H,6-8,11H2,1H3,(H,20,21)/t12-/m1/s1. The second kappa shape index (κ2) is 6.07. The highest BCUT2D eigenvalue weighted by Gasteiger charge is 2.18. The van der Waals surface area contributed by atoms with Crippen LogP contribution in [0, 0.1) is 0 Å². The van der Waals surface area contributed by atoms with Gasteiger partial charge in [0.15, 0.2) is 11.5 Å². The van der Waals surface area contributed by atoms with Crippen molar-refractivity contribution in [2.45, 2.75) is 25.8 Å². The van der Waals surface area contributed by atoms with Crippen molar-refractivity contribution < 1.29 is 19.0 Å². The van der Waals surface area contributed by atoms with Crippen molar-refractivity contribution in [2.24, 2.45) is 0 Å². The zero-order valence-corrected chi connectivity index (χ0v) is 13.5. The highest BCUT2D eigenvalue weighted by atomic mass is 16.7. The van der Waals surface area contributed by atoms with Crippen LogP contribution in [0.25, 0.3) is 0 Å². The van der Waals surface area contributed by atoms with Crippen LogP contribution in [0.5, 0.6) is 17.2 Å². The Morgan fingerprint density at radius 3 is 2.83 bits per heavy atom. The van der Waals surface area contributed by atoms with E-state index in [1.807, 2.05) is 13.0 Å². The summed E-state index contributed by atoms with van der Waals surface area (Å²) in [5.74, 6) is 2.18. The molecule has 0 bridgehead atoms. The van der Waals surface area contributed by atoms with Gasteiger partial charge in [-0.2, -0.15) is 0 Å². The molecule has 2 aliphatic rings. The zero-order chi connectivity index (χ0) is 16.5. The molecule has 24 heavy (non-hydrogen) atoms. The fraction of sp³-hybridized carbons (Fsp3) is 0.316. The third-order valence-electron chi connectivity index (χ3n) is 4.31. The molecule has 5 heteroatoms. The van der Waals surface area contributed by atoms with Gasteiger partial charge in [-0.25, -0.2) is 0 Å². The molecule has 0 radical (unpaired) electrons. The normalized spacial score (nSPS) is 15.5. The van der Waals surface area contributed by atoms with Crippen LogP contribution in [0.4, 0.5) is 0 Å². The molecule has 0 saturated heterocycles. The van der Waals surface area contributed by atoms with Crippen LogP contribution in [0.3, 0.4) is 0 Å². The van der Waals surface area contributed by atoms with E-state index in [1.54, 1.807) is 18.2 Å². The second-order valence-electron chi connectivity index (χ2n) is 6.19. The lowest BCUT2D eigenvalue weighted by Gasteiger charge is -2.15. The lowest BCUT2D eigenvalue weighted by molar-refractivity contribution is 0.0939. The van der Waals surface area contributed by atoms with E-state index in [0.29, 0.717) is 17.1 Å². The van der Waals surface area contributed by atoms with Gasteiger partial charge < -0.3 is 19.5 Å². The summed E-state index contributed by atoms with van der Waals surface area (Å²) >= 11 is 0. The number of nitrogens with one attached hydrogen (secondary N) is 1. The van der Waals surface area contributed by atoms with Gasteiger partial charge in [0.05, 0.1) is 6.61 Å². The number of benzene rings is 2. The Balaban J connectivity index is 1.40. The molecule has 5 nitrogen and oxygen atoms in total. The number of hydrogen-bond donors (Lipinski definition) is 1. The number of carbonyl (C=O) groups is 1. The molecule has 0 unspecified atom stereocenters. The summed E-state index contributed by atoms with van der Waals surface area (Å²) in [7, 11) is 0. The van der Waals surface area contributed by atoms with Crippen LogP contribution in [-0.4, -0.2) is 25.3 Å². The Labute approximate surface area is 140 Å². The first-order chi connectivity index (χ1) is 11.7. The van der Waals surface area contributed by atoms with Gasteiger partial charge in [-0.3, -0.25) is 4.79 Å². The summed E-state index contributed by atoms with van der Waals surface area (Å²) in [6.07, 6.45) is 1.74. The smallest absolute Gasteiger partial charge is 0.251 e. The van der Waals surface area contributed by atoms with Crippen molar-refractivity contribution >= 4 is 5.91 Å². The van der Waals surface area contributed by atoms with Gasteiger partial charge in [0.1, 0.15) is 5.75 Å². The van der Waals surface area contributed by atoms with Crippen LogP contribution >= 0.6 is 0 Å². The molecular formula is C19H19NO4. The van der Waals surface area contributed by atoms with Gasteiger partial charge >= 0.3 is 0 Å². The summed E-state index contributed by atoms with van der Waals surface area (Å²) in [5.41, 5.74) is 3.04. The van der Waals surface area contributed by atoms with Gasteiger partial charge in [0, 0.05) is 18.0 Å². The predicted molar refractivity (Wildman–Crippen MR) is 88.8 cm³/mol. The fourth-order valence-electron chi connectivity index (χ4n) is 3.12. The van der Waals surface area contributed by atoms with E-state index in [0.717, 1.165) is 25.2 Å². The molecular weight excluding hydrogens is 306 g/mol. The lowest BCUT2D eigenvalue weighted by Crippen LogP contribution is -2.34. The number of fused-ring (bicyclic) bond motifs is 2. The quantitative estimate of drug-likeness (QED) is 0.939. The van der Waals surface area contributed by atoms with Gasteiger partial charge in [-0.05, 0) is 48.7 Å². The Hall–Kier alpha value is -2.69. The maximum Gasteiger partial charge on any atom is 0.251 e. The molecule has 2 aliphatic heterocycles. The number of amides is 1. The van der Waals surface area contributed by atoms with Gasteiger partial charge in [0.2, 0.25) is 6.79 Å². The van der Waals surface area contributed by atoms with Crippen molar-refractivity contribution in [1.29, 1.82) is 0 Å². The Morgan fingerprint density at radius 2 is 1.92 bits per heavy atom. The van der Waals surface area contributed by atoms with Crippen molar-refractivity contribution in [3.05, 3.63) is 53.1 Å². The van der Waals surface area contributed by atoms with Gasteiger partial charge in [0.25, 0.3) is 5.91 Å². The second-order valence-corrected chi connectivity index (χ2v) is 6.19. The van der Waals surface area contributed by atoms with Gasteiger partial charge in [-0.1, -0.05) is 12.1 Å². The van der Waals surface area contributed by atoms with Crippen molar-refractivity contribution in [3.8, 4) is 17.2 Å². The minimum atomic E-state index is -0.106. The molecule has 1 amide bonds. The summed E-state index contributed by atoms with van der Waals surface area (Å²) in [6, 6.07) is 11.5. The van der Waals surface area contributed by atoms with E-state index in [4.69, 9.17) is 14.2 Å². The minimum Gasteiger partial charge on any atom is -0.493 e. The van der Waals surface area contributed by atoms with Crippen molar-refractivity contribution in [1.82, 2.24) is 5.32 Å². The van der Waals surface area contributed by atoms with Gasteiger partial charge in [-0.15, -0.1) is 0 Å². The largest absolute Gasteiger partial charge is 0.493 e. The molecule has 4 rings (SSSR count). The number of carbonyl (C=O) groups excluding carboxylic acids is 1. The molecule has 2 heterocycles. The SMILES string of the molecule is C[C@H](Cc1ccc2c(c1)CCO2)NC(=O)c1ccc2c(c1)OCO2. The van der Waals surface area contributed by atoms with E-state index in [-0.39, 0.29) is 18.7 Å². The van der Waals surface area contributed by atoms with Crippen molar-refractivity contribution in [2.75, 3.05) is 13.4 Å². The highest BCUT2D eigenvalue weighted by Crippen LogP contribution is 2.32. The number of rotatable bonds is 4. The predicted octanol–water partition coefficient (Wildman–Crippen LogP) is 2.71. The molecule has 2 aromatic rings. The minimum absolute atomic E-state index is 0.0308. The van der Waals surface area contributed by atoms with Crippen LogP contribution < -0.4 is 19.5 Å². The molecule has 0 saturated carbocycles. The molecule has 1 atom stereocenters. The van der Waals surface area contributed by atoms with Crippen LogP contribution in [0.15, 0.2) is 36.4 Å². The van der Waals surface area contributed by atoms with E-state index in [2.05, 4.69) is 17.4 Å². The molecule has 0 aromatic heterocycles. The lowest BCUT2D eigenvalue weighted by atomic mass is 10.0. The topological polar surface area (TPSA) is 56.8 Å². The number of ether oxygens (including phenoxy) is 3. The highest BCUT2D eigenvalue weighted by molar-refractivity contribution is 5.95. The first-order valence-corrected chi connectivity index (χ1v) is 8.14. The summed E-state index contributed by atoms with van der Waals surface area (Å²) in [5, 5.41) is 3.04. The maximum absolute atomic E-state index is 12.4. The number of hydrogen-bond acceptors (Lipinski definition) is 4. The van der Waals surface area contributed by atoms with Crippen molar-refractivity contribution in [3.63, 3.8) is 0 Å². The summed E-state index contributed by atoms with van der Waals surface area (Å²) in [6.45, 7) is 2.97. The first kappa shape index (κ1) is 14.9. The summed E-state index contributed by atoms with van der Waals surface area (Å²) < 4.78 is 16.1. The Morgan fingerprint density at radius 1 is 1.08 bits per heavy atom. The fourth-order valence-corrected chi connectivity index (χ4v) is 3.12. The third-order valence-corrected chi connectivity index (χ3v) is 4.31. The Kier molecular flexibility index (Phi) is 3.76. The zero-order valence-electron chi connectivity index (χ0n) is 13.5. The first-order valence-electron chi connectivity index (χ1n) is 8.14. The van der Waals surface area contributed by atoms with Crippen LogP contribution in [0.1, 0.15) is 28.4 Å². The van der Waals surface area contributed by atoms with E-state index < -0.39 is 0 Å². The van der Waals surface area contributed by atoms with Crippen LogP contribution in [-0.2, 0) is 12.8 Å². The molecule has 0 spiro atoms. The average Bonchev–Trinajstić information content (AvgIpc) is 3.22. The molecule has 0 fully saturated rings. The van der Waals surface area contributed by atoms with E-state index >= 15 is 0 Å². The third kappa shape index (κ3) is 2.89. The molecule has 0 aliphatic carbocycles. The molecule has 1 N–H and O–H groups in total. The Bertz CT molecular complexity index is 787.